The summed E-state index contributed by atoms with van der Waals surface area (Å²) in [4.78, 5) is 14.8. The number of hydrogen-bond acceptors (Lipinski definition) is 6. The molecule has 0 unspecified atom stereocenters. The van der Waals surface area contributed by atoms with E-state index in [0.717, 1.165) is 6.07 Å². The van der Waals surface area contributed by atoms with Crippen LogP contribution in [0.15, 0.2) is 6.07 Å². The summed E-state index contributed by atoms with van der Waals surface area (Å²) < 4.78 is 44.7. The van der Waals surface area contributed by atoms with Crippen LogP contribution in [0.4, 0.5) is 19.0 Å². The summed E-state index contributed by atoms with van der Waals surface area (Å²) in [6.07, 6.45) is -5.07. The van der Waals surface area contributed by atoms with Gasteiger partial charge in [0.05, 0.1) is 12.2 Å². The summed E-state index contributed by atoms with van der Waals surface area (Å²) in [5.74, 6) is -2.64. The molecule has 9 heteroatoms. The first-order valence-electron chi connectivity index (χ1n) is 4.92. The normalized spacial score (nSPS) is 10.7. The minimum absolute atomic E-state index is 0.0838. The Morgan fingerprint density at radius 1 is 1.58 bits per heavy atom. The summed E-state index contributed by atoms with van der Waals surface area (Å²) in [5.41, 5.74) is 4.11. The van der Waals surface area contributed by atoms with Crippen molar-refractivity contribution in [1.29, 1.82) is 5.26 Å². The number of nitrogen functional groups attached to an aromatic ring is 1. The largest absolute Gasteiger partial charge is 0.574 e. The van der Waals surface area contributed by atoms with E-state index in [1.807, 2.05) is 0 Å². The topological polar surface area (TPSA) is 98.2 Å². The zero-order chi connectivity index (χ0) is 14.6. The molecular weight excluding hydrogens is 267 g/mol. The number of carbonyl (C=O) groups is 1. The molecule has 0 saturated heterocycles. The molecule has 0 atom stereocenters. The molecule has 1 aromatic heterocycles. The smallest absolute Gasteiger partial charge is 0.462 e. The molecule has 1 rings (SSSR count). The van der Waals surface area contributed by atoms with Gasteiger partial charge in [0.2, 0.25) is 5.88 Å². The maximum atomic E-state index is 12.2. The van der Waals surface area contributed by atoms with Gasteiger partial charge in [-0.25, -0.2) is 4.79 Å². The number of rotatable bonds is 3. The zero-order valence-electron chi connectivity index (χ0n) is 9.61. The average Bonchev–Trinajstić information content (AvgIpc) is 2.25. The Kier molecular flexibility index (Phi) is 4.16. The van der Waals surface area contributed by atoms with Crippen LogP contribution < -0.4 is 10.5 Å². The van der Waals surface area contributed by atoms with Crippen LogP contribution in [0.25, 0.3) is 0 Å². The molecule has 19 heavy (non-hydrogen) atoms. The molecule has 0 aliphatic rings. The van der Waals surface area contributed by atoms with Crippen molar-refractivity contribution in [3.05, 3.63) is 17.2 Å². The molecule has 1 aromatic rings. The Labute approximate surface area is 105 Å². The van der Waals surface area contributed by atoms with Crippen molar-refractivity contribution in [3.63, 3.8) is 0 Å². The predicted molar refractivity (Wildman–Crippen MR) is 56.0 cm³/mol. The molecule has 1 heterocycles. The minimum atomic E-state index is -5.07. The van der Waals surface area contributed by atoms with Crippen molar-refractivity contribution < 1.29 is 27.4 Å². The number of nitriles is 1. The van der Waals surface area contributed by atoms with Crippen LogP contribution in [0.2, 0.25) is 0 Å². The van der Waals surface area contributed by atoms with E-state index in [1.165, 1.54) is 13.0 Å². The summed E-state index contributed by atoms with van der Waals surface area (Å²) in [6, 6.07) is 2.49. The van der Waals surface area contributed by atoms with E-state index in [1.54, 1.807) is 0 Å². The molecule has 0 aliphatic carbocycles. The number of alkyl halides is 3. The van der Waals surface area contributed by atoms with E-state index in [0.29, 0.717) is 0 Å². The molecular formula is C10H8F3N3O3. The lowest BCUT2D eigenvalue weighted by Gasteiger charge is -2.13. The van der Waals surface area contributed by atoms with Crippen LogP contribution in [-0.2, 0) is 4.74 Å². The minimum Gasteiger partial charge on any atom is -0.462 e. The van der Waals surface area contributed by atoms with Crippen LogP contribution in [0.5, 0.6) is 5.88 Å². The number of ether oxygens (including phenoxy) is 2. The van der Waals surface area contributed by atoms with Gasteiger partial charge in [0.25, 0.3) is 0 Å². The molecule has 0 aromatic carbocycles. The monoisotopic (exact) mass is 275 g/mol. The van der Waals surface area contributed by atoms with Crippen molar-refractivity contribution >= 4 is 11.8 Å². The standard InChI is InChI=1S/C10H8F3N3O3/c1-2-18-9(17)7-5(4-14)3-6(15)16-8(7)19-10(11,12)13/h3H,2H2,1H3,(H2,15,16). The molecule has 0 radical (unpaired) electrons. The van der Waals surface area contributed by atoms with Gasteiger partial charge in [0.1, 0.15) is 17.5 Å². The first kappa shape index (κ1) is 14.6. The van der Waals surface area contributed by atoms with Crippen LogP contribution in [-0.4, -0.2) is 23.9 Å². The highest BCUT2D eigenvalue weighted by Gasteiger charge is 2.35. The fourth-order valence-corrected chi connectivity index (χ4v) is 1.21. The summed E-state index contributed by atoms with van der Waals surface area (Å²) in [7, 11) is 0. The first-order valence-corrected chi connectivity index (χ1v) is 4.92. The fourth-order valence-electron chi connectivity index (χ4n) is 1.21. The van der Waals surface area contributed by atoms with Gasteiger partial charge in [0.15, 0.2) is 0 Å². The van der Waals surface area contributed by atoms with Crippen molar-refractivity contribution in [2.75, 3.05) is 12.3 Å². The van der Waals surface area contributed by atoms with Crippen molar-refractivity contribution in [1.82, 2.24) is 4.98 Å². The Bertz CT molecular complexity index is 537. The van der Waals surface area contributed by atoms with Gasteiger partial charge >= 0.3 is 12.3 Å². The van der Waals surface area contributed by atoms with E-state index < -0.39 is 29.3 Å². The number of anilines is 1. The van der Waals surface area contributed by atoms with Crippen molar-refractivity contribution in [3.8, 4) is 11.9 Å². The van der Waals surface area contributed by atoms with Gasteiger partial charge in [-0.3, -0.25) is 0 Å². The first-order chi connectivity index (χ1) is 8.78. The maximum absolute atomic E-state index is 12.2. The molecule has 0 aliphatic heterocycles. The van der Waals surface area contributed by atoms with E-state index in [-0.39, 0.29) is 12.4 Å². The lowest BCUT2D eigenvalue weighted by molar-refractivity contribution is -0.276. The van der Waals surface area contributed by atoms with E-state index >= 15 is 0 Å². The second kappa shape index (κ2) is 5.43. The highest BCUT2D eigenvalue weighted by atomic mass is 19.4. The number of halogens is 3. The van der Waals surface area contributed by atoms with Gasteiger partial charge in [0, 0.05) is 0 Å². The van der Waals surface area contributed by atoms with E-state index in [9.17, 15) is 18.0 Å². The quantitative estimate of drug-likeness (QED) is 0.841. The third-order valence-electron chi connectivity index (χ3n) is 1.82. The zero-order valence-corrected chi connectivity index (χ0v) is 9.61. The second-order valence-electron chi connectivity index (χ2n) is 3.15. The highest BCUT2D eigenvalue weighted by molar-refractivity contribution is 5.95. The number of nitrogens with zero attached hydrogens (tertiary/aromatic N) is 2. The molecule has 0 spiro atoms. The maximum Gasteiger partial charge on any atom is 0.574 e. The molecule has 0 saturated carbocycles. The van der Waals surface area contributed by atoms with Gasteiger partial charge < -0.3 is 15.2 Å². The Hall–Kier alpha value is -2.50. The second-order valence-corrected chi connectivity index (χ2v) is 3.15. The van der Waals surface area contributed by atoms with Crippen molar-refractivity contribution in [2.45, 2.75) is 13.3 Å². The molecule has 0 amide bonds. The number of nitrogens with two attached hydrogens (primary N) is 1. The Morgan fingerprint density at radius 3 is 2.68 bits per heavy atom. The summed E-state index contributed by atoms with van der Waals surface area (Å²) in [6.45, 7) is 1.37. The third kappa shape index (κ3) is 3.74. The molecule has 0 bridgehead atoms. The number of hydrogen-bond donors (Lipinski definition) is 1. The average molecular weight is 275 g/mol. The third-order valence-corrected chi connectivity index (χ3v) is 1.82. The predicted octanol–water partition coefficient (Wildman–Crippen LogP) is 1.61. The molecule has 0 fully saturated rings. The van der Waals surface area contributed by atoms with Gasteiger partial charge in [-0.1, -0.05) is 0 Å². The van der Waals surface area contributed by atoms with E-state index in [4.69, 9.17) is 11.0 Å². The Morgan fingerprint density at radius 2 is 2.21 bits per heavy atom. The number of aromatic nitrogens is 1. The van der Waals surface area contributed by atoms with Crippen LogP contribution in [0, 0.1) is 11.3 Å². The Balaban J connectivity index is 3.38. The fraction of sp³-hybridized carbons (Fsp3) is 0.300. The summed E-state index contributed by atoms with van der Waals surface area (Å²) >= 11 is 0. The highest BCUT2D eigenvalue weighted by Crippen LogP contribution is 2.28. The van der Waals surface area contributed by atoms with Crippen molar-refractivity contribution in [2.24, 2.45) is 0 Å². The molecule has 2 N–H and O–H groups in total. The molecule has 102 valence electrons. The summed E-state index contributed by atoms with van der Waals surface area (Å²) in [5, 5.41) is 8.80. The number of pyridine rings is 1. The van der Waals surface area contributed by atoms with Gasteiger partial charge in [-0.05, 0) is 13.0 Å². The lowest BCUT2D eigenvalue weighted by Crippen LogP contribution is -2.21. The van der Waals surface area contributed by atoms with Crippen LogP contribution in [0.1, 0.15) is 22.8 Å². The van der Waals surface area contributed by atoms with Crippen LogP contribution in [0.3, 0.4) is 0 Å². The SMILES string of the molecule is CCOC(=O)c1c(C#N)cc(N)nc1OC(F)(F)F. The number of carbonyl (C=O) groups excluding carboxylic acids is 1. The van der Waals surface area contributed by atoms with Crippen LogP contribution >= 0.6 is 0 Å². The number of esters is 1. The molecule has 6 nitrogen and oxygen atoms in total. The lowest BCUT2D eigenvalue weighted by atomic mass is 10.1. The van der Waals surface area contributed by atoms with Gasteiger partial charge in [-0.2, -0.15) is 10.2 Å². The van der Waals surface area contributed by atoms with E-state index in [2.05, 4.69) is 14.5 Å². The van der Waals surface area contributed by atoms with Gasteiger partial charge in [-0.15, -0.1) is 13.2 Å².